The van der Waals surface area contributed by atoms with Crippen LogP contribution in [0.15, 0.2) is 69.9 Å². The normalized spacial score (nSPS) is 11.0. The highest BCUT2D eigenvalue weighted by Crippen LogP contribution is 2.25. The highest BCUT2D eigenvalue weighted by Gasteiger charge is 2.16. The van der Waals surface area contributed by atoms with Crippen LogP contribution in [-0.4, -0.2) is 21.2 Å². The Morgan fingerprint density at radius 3 is 2.69 bits per heavy atom. The van der Waals surface area contributed by atoms with Crippen molar-refractivity contribution in [2.75, 3.05) is 11.1 Å². The van der Waals surface area contributed by atoms with Crippen LogP contribution in [0.5, 0.6) is 0 Å². The van der Waals surface area contributed by atoms with Gasteiger partial charge in [-0.1, -0.05) is 35.5 Å². The second-order valence-electron chi connectivity index (χ2n) is 5.96. The van der Waals surface area contributed by atoms with Gasteiger partial charge in [0.25, 0.3) is 5.56 Å². The molecular formula is C20H13ClFN3O2S2. The van der Waals surface area contributed by atoms with Crippen molar-refractivity contribution in [2.45, 2.75) is 5.16 Å². The van der Waals surface area contributed by atoms with Crippen LogP contribution in [0.4, 0.5) is 10.1 Å². The molecule has 2 aromatic heterocycles. The van der Waals surface area contributed by atoms with Crippen LogP contribution >= 0.6 is 34.7 Å². The molecule has 0 spiro atoms. The van der Waals surface area contributed by atoms with E-state index in [1.54, 1.807) is 35.7 Å². The van der Waals surface area contributed by atoms with Gasteiger partial charge in [0, 0.05) is 0 Å². The molecule has 2 heterocycles. The number of anilines is 1. The minimum atomic E-state index is -0.403. The molecule has 0 radical (unpaired) electrons. The fourth-order valence-corrected chi connectivity index (χ4v) is 4.44. The van der Waals surface area contributed by atoms with Gasteiger partial charge in [-0.2, -0.15) is 0 Å². The average Bonchev–Trinajstić information content (AvgIpc) is 3.18. The highest BCUT2D eigenvalue weighted by molar-refractivity contribution is 7.99. The maximum absolute atomic E-state index is 13.3. The van der Waals surface area contributed by atoms with E-state index in [1.807, 2.05) is 0 Å². The molecule has 1 amide bonds. The molecule has 0 bridgehead atoms. The molecule has 0 aliphatic rings. The summed E-state index contributed by atoms with van der Waals surface area (Å²) >= 11 is 8.48. The zero-order valence-electron chi connectivity index (χ0n) is 14.8. The molecule has 0 aliphatic heterocycles. The van der Waals surface area contributed by atoms with Gasteiger partial charge in [0.05, 0.1) is 27.7 Å². The lowest BCUT2D eigenvalue weighted by molar-refractivity contribution is -0.113. The van der Waals surface area contributed by atoms with Crippen LogP contribution in [0.25, 0.3) is 15.9 Å². The molecule has 4 aromatic rings. The third kappa shape index (κ3) is 4.19. The number of amides is 1. The number of aromatic nitrogens is 2. The van der Waals surface area contributed by atoms with Crippen molar-refractivity contribution < 1.29 is 9.18 Å². The monoisotopic (exact) mass is 445 g/mol. The van der Waals surface area contributed by atoms with Gasteiger partial charge >= 0.3 is 0 Å². The Bertz CT molecular complexity index is 1250. The number of thiophene rings is 1. The molecule has 29 heavy (non-hydrogen) atoms. The minimum Gasteiger partial charge on any atom is -0.324 e. The lowest BCUT2D eigenvalue weighted by atomic mass is 10.3. The Balaban J connectivity index is 1.65. The molecule has 0 fully saturated rings. The van der Waals surface area contributed by atoms with E-state index in [1.165, 1.54) is 40.2 Å². The second kappa shape index (κ2) is 8.36. The lowest BCUT2D eigenvalue weighted by Gasteiger charge is -2.12. The van der Waals surface area contributed by atoms with Crippen molar-refractivity contribution in [3.05, 3.63) is 81.2 Å². The van der Waals surface area contributed by atoms with Gasteiger partial charge in [0.1, 0.15) is 10.5 Å². The van der Waals surface area contributed by atoms with Gasteiger partial charge in [-0.15, -0.1) is 11.3 Å². The van der Waals surface area contributed by atoms with Crippen molar-refractivity contribution >= 4 is 56.5 Å². The number of para-hydroxylation sites is 1. The summed E-state index contributed by atoms with van der Waals surface area (Å²) in [5.41, 5.74) is 1.29. The molecule has 5 nitrogen and oxygen atoms in total. The van der Waals surface area contributed by atoms with Crippen molar-refractivity contribution in [1.82, 2.24) is 9.55 Å². The second-order valence-corrected chi connectivity index (χ2v) is 8.23. The van der Waals surface area contributed by atoms with E-state index in [-0.39, 0.29) is 17.2 Å². The third-order valence-electron chi connectivity index (χ3n) is 4.01. The summed E-state index contributed by atoms with van der Waals surface area (Å²) in [5, 5.41) is 5.31. The summed E-state index contributed by atoms with van der Waals surface area (Å²) in [6.07, 6.45) is 0. The SMILES string of the molecule is O=C(CSc1nc2ccsc2c(=O)n1-c1ccc(F)cc1)Nc1ccccc1Cl. The van der Waals surface area contributed by atoms with E-state index < -0.39 is 5.82 Å². The topological polar surface area (TPSA) is 64.0 Å². The van der Waals surface area contributed by atoms with E-state index in [4.69, 9.17) is 11.6 Å². The summed E-state index contributed by atoms with van der Waals surface area (Å²) in [6.45, 7) is 0. The zero-order valence-corrected chi connectivity index (χ0v) is 17.2. The van der Waals surface area contributed by atoms with E-state index >= 15 is 0 Å². The first kappa shape index (κ1) is 19.6. The Morgan fingerprint density at radius 1 is 1.17 bits per heavy atom. The number of carbonyl (C=O) groups is 1. The van der Waals surface area contributed by atoms with E-state index in [0.717, 1.165) is 11.8 Å². The molecular weight excluding hydrogens is 433 g/mol. The fraction of sp³-hybridized carbons (Fsp3) is 0.0500. The van der Waals surface area contributed by atoms with Crippen LogP contribution in [0, 0.1) is 5.82 Å². The number of nitrogens with one attached hydrogen (secondary N) is 1. The standard InChI is InChI=1S/C20H13ClFN3O2S2/c21-14-3-1-2-4-15(14)23-17(26)11-29-20-24-16-9-10-28-18(16)19(27)25(20)13-7-5-12(22)6-8-13/h1-10H,11H2,(H,23,26). The number of halogens is 2. The van der Waals surface area contributed by atoms with Gasteiger partial charge in [-0.25, -0.2) is 9.37 Å². The number of thioether (sulfide) groups is 1. The zero-order chi connectivity index (χ0) is 20.4. The number of hydrogen-bond donors (Lipinski definition) is 1. The molecule has 146 valence electrons. The largest absolute Gasteiger partial charge is 0.324 e. The fourth-order valence-electron chi connectivity index (χ4n) is 2.69. The molecule has 0 aliphatic carbocycles. The quantitative estimate of drug-likeness (QED) is 0.348. The molecule has 1 N–H and O–H groups in total. The Morgan fingerprint density at radius 2 is 1.93 bits per heavy atom. The van der Waals surface area contributed by atoms with Crippen molar-refractivity contribution in [3.63, 3.8) is 0 Å². The Hall–Kier alpha value is -2.68. The van der Waals surface area contributed by atoms with Crippen LogP contribution in [0.1, 0.15) is 0 Å². The summed E-state index contributed by atoms with van der Waals surface area (Å²) in [7, 11) is 0. The van der Waals surface area contributed by atoms with E-state index in [9.17, 15) is 14.0 Å². The maximum Gasteiger partial charge on any atom is 0.276 e. The minimum absolute atomic E-state index is 0.0223. The molecule has 2 aromatic carbocycles. The van der Waals surface area contributed by atoms with Crippen LogP contribution in [0.3, 0.4) is 0 Å². The molecule has 0 unspecified atom stereocenters. The number of benzene rings is 2. The summed E-state index contributed by atoms with van der Waals surface area (Å²) in [6, 6.07) is 14.2. The number of rotatable bonds is 5. The number of hydrogen-bond acceptors (Lipinski definition) is 5. The van der Waals surface area contributed by atoms with Crippen molar-refractivity contribution in [3.8, 4) is 5.69 Å². The molecule has 0 saturated heterocycles. The Labute approximate surface area is 178 Å². The van der Waals surface area contributed by atoms with Gasteiger partial charge in [0.15, 0.2) is 5.16 Å². The van der Waals surface area contributed by atoms with Crippen LogP contribution in [-0.2, 0) is 4.79 Å². The molecule has 4 rings (SSSR count). The van der Waals surface area contributed by atoms with Gasteiger partial charge in [0.2, 0.25) is 5.91 Å². The predicted molar refractivity (Wildman–Crippen MR) is 116 cm³/mol. The smallest absolute Gasteiger partial charge is 0.276 e. The van der Waals surface area contributed by atoms with Crippen molar-refractivity contribution in [1.29, 1.82) is 0 Å². The highest BCUT2D eigenvalue weighted by atomic mass is 35.5. The first-order chi connectivity index (χ1) is 14.0. The number of fused-ring (bicyclic) bond motifs is 1. The van der Waals surface area contributed by atoms with Gasteiger partial charge in [-0.05, 0) is 47.8 Å². The maximum atomic E-state index is 13.3. The average molecular weight is 446 g/mol. The van der Waals surface area contributed by atoms with Crippen LogP contribution in [0.2, 0.25) is 5.02 Å². The van der Waals surface area contributed by atoms with Gasteiger partial charge in [-0.3, -0.25) is 14.2 Å². The van der Waals surface area contributed by atoms with Gasteiger partial charge < -0.3 is 5.32 Å². The lowest BCUT2D eigenvalue weighted by Crippen LogP contribution is -2.22. The molecule has 9 heteroatoms. The first-order valence-electron chi connectivity index (χ1n) is 8.46. The van der Waals surface area contributed by atoms with E-state index in [0.29, 0.717) is 31.8 Å². The molecule has 0 saturated carbocycles. The van der Waals surface area contributed by atoms with E-state index in [2.05, 4.69) is 10.3 Å². The summed E-state index contributed by atoms with van der Waals surface area (Å²) in [4.78, 5) is 29.9. The Kier molecular flexibility index (Phi) is 5.66. The number of nitrogens with zero attached hydrogens (tertiary/aromatic N) is 2. The summed E-state index contributed by atoms with van der Waals surface area (Å²) < 4.78 is 15.2. The van der Waals surface area contributed by atoms with Crippen molar-refractivity contribution in [2.24, 2.45) is 0 Å². The summed E-state index contributed by atoms with van der Waals surface area (Å²) in [5.74, 6) is -0.664. The molecule has 0 atom stereocenters. The first-order valence-corrected chi connectivity index (χ1v) is 10.7. The predicted octanol–water partition coefficient (Wildman–Crippen LogP) is 4.97. The van der Waals surface area contributed by atoms with Crippen LogP contribution < -0.4 is 10.9 Å². The number of carbonyl (C=O) groups excluding carboxylic acids is 1. The third-order valence-corrected chi connectivity index (χ3v) is 6.17.